The number of sulfonamides is 1. The molecule has 0 spiro atoms. The number of ether oxygens (including phenoxy) is 2. The van der Waals surface area contributed by atoms with E-state index in [0.29, 0.717) is 36.8 Å². The van der Waals surface area contributed by atoms with Gasteiger partial charge in [-0.3, -0.25) is 19.1 Å². The predicted octanol–water partition coefficient (Wildman–Crippen LogP) is 3.51. The molecule has 1 aromatic heterocycles. The Bertz CT molecular complexity index is 1660. The first kappa shape index (κ1) is 32.4. The summed E-state index contributed by atoms with van der Waals surface area (Å²) in [5, 5.41) is 1.08. The number of nitrogens with one attached hydrogen (secondary N) is 1. The van der Waals surface area contributed by atoms with E-state index in [2.05, 4.69) is 16.6 Å². The number of hydrogen-bond donors (Lipinski definition) is 2. The maximum absolute atomic E-state index is 14.2. The molecule has 7 atom stereocenters. The van der Waals surface area contributed by atoms with Crippen LogP contribution in [-0.2, 0) is 24.4 Å². The quantitative estimate of drug-likeness (QED) is 0.446. The third-order valence-electron chi connectivity index (χ3n) is 10.3. The molecular formula is C34H44N4O7S. The number of rotatable bonds is 6. The lowest BCUT2D eigenvalue weighted by molar-refractivity contribution is -0.140. The van der Waals surface area contributed by atoms with E-state index < -0.39 is 44.8 Å². The third-order valence-corrected chi connectivity index (χ3v) is 12.1. The van der Waals surface area contributed by atoms with Gasteiger partial charge in [-0.1, -0.05) is 26.0 Å². The van der Waals surface area contributed by atoms with E-state index in [9.17, 15) is 22.8 Å². The van der Waals surface area contributed by atoms with Crippen LogP contribution in [0.4, 0.5) is 0 Å². The molecule has 6 rings (SSSR count). The largest absolute Gasteiger partial charge is 0.497 e. The van der Waals surface area contributed by atoms with Gasteiger partial charge in [-0.05, 0) is 85.9 Å². The van der Waals surface area contributed by atoms with Crippen molar-refractivity contribution in [2.45, 2.75) is 88.7 Å². The summed E-state index contributed by atoms with van der Waals surface area (Å²) in [7, 11) is -2.20. The maximum Gasteiger partial charge on any atom is 0.240 e. The topological polar surface area (TPSA) is 158 Å². The molecule has 0 radical (unpaired) electrons. The van der Waals surface area contributed by atoms with Gasteiger partial charge in [0.05, 0.1) is 36.4 Å². The average molecular weight is 653 g/mol. The monoisotopic (exact) mass is 652 g/mol. The van der Waals surface area contributed by atoms with Crippen LogP contribution in [0, 0.1) is 23.2 Å². The number of methoxy groups -OCH3 is 1. The number of ketones is 1. The fourth-order valence-electron chi connectivity index (χ4n) is 7.17. The lowest BCUT2D eigenvalue weighted by Gasteiger charge is -2.30. The molecule has 2 aliphatic heterocycles. The predicted molar refractivity (Wildman–Crippen MR) is 172 cm³/mol. The Morgan fingerprint density at radius 3 is 2.65 bits per heavy atom. The van der Waals surface area contributed by atoms with Crippen molar-refractivity contribution in [1.29, 1.82) is 0 Å². The summed E-state index contributed by atoms with van der Waals surface area (Å²) < 4.78 is 39.5. The molecule has 248 valence electrons. The number of allylic oxidation sites excluding steroid dienone is 2. The van der Waals surface area contributed by atoms with Crippen LogP contribution >= 0.6 is 0 Å². The molecule has 2 aliphatic carbocycles. The highest BCUT2D eigenvalue weighted by Gasteiger charge is 2.61. The van der Waals surface area contributed by atoms with Crippen molar-refractivity contribution in [3.63, 3.8) is 0 Å². The summed E-state index contributed by atoms with van der Waals surface area (Å²) in [5.74, 6) is -0.244. The molecule has 2 saturated carbocycles. The molecule has 46 heavy (non-hydrogen) atoms. The molecule has 12 heteroatoms. The molecule has 3 fully saturated rings. The van der Waals surface area contributed by atoms with Crippen LogP contribution in [0.25, 0.3) is 10.8 Å². The van der Waals surface area contributed by atoms with Crippen LogP contribution in [0.5, 0.6) is 11.6 Å². The lowest BCUT2D eigenvalue weighted by Crippen LogP contribution is -2.52. The number of nitrogens with zero attached hydrogens (tertiary/aromatic N) is 2. The van der Waals surface area contributed by atoms with Gasteiger partial charge >= 0.3 is 0 Å². The SMILES string of the molecule is COc1ccc2c(O[C@@H]3C[C@H]4C(=O)C[C@]5(C(=O)NS(=O)(=O)C6CC6)C[C@H]5/C=C\CC[C@@H](C)C[C@@H](C)[C@H](N)C(=O)N4C3)nccc2c1. The van der Waals surface area contributed by atoms with Gasteiger partial charge in [-0.15, -0.1) is 0 Å². The molecule has 4 aliphatic rings. The normalized spacial score (nSPS) is 32.9. The van der Waals surface area contributed by atoms with Gasteiger partial charge in [-0.2, -0.15) is 0 Å². The number of nitrogens with two attached hydrogens (primary N) is 1. The molecule has 2 aromatic rings. The first-order chi connectivity index (χ1) is 21.9. The molecular weight excluding hydrogens is 608 g/mol. The van der Waals surface area contributed by atoms with E-state index in [0.717, 1.165) is 30.0 Å². The van der Waals surface area contributed by atoms with Crippen LogP contribution in [0.2, 0.25) is 0 Å². The van der Waals surface area contributed by atoms with Gasteiger partial charge in [0.1, 0.15) is 11.9 Å². The number of pyridine rings is 1. The highest BCUT2D eigenvalue weighted by Crippen LogP contribution is 2.57. The second-order valence-electron chi connectivity index (χ2n) is 13.8. The van der Waals surface area contributed by atoms with Gasteiger partial charge in [0.25, 0.3) is 0 Å². The summed E-state index contributed by atoms with van der Waals surface area (Å²) >= 11 is 0. The van der Waals surface area contributed by atoms with Crippen LogP contribution in [-0.4, -0.2) is 73.0 Å². The summed E-state index contributed by atoms with van der Waals surface area (Å²) in [6.07, 6.45) is 8.94. The molecule has 2 amide bonds. The van der Waals surface area contributed by atoms with Crippen molar-refractivity contribution in [2.24, 2.45) is 28.9 Å². The van der Waals surface area contributed by atoms with Crippen LogP contribution in [0.3, 0.4) is 0 Å². The third kappa shape index (κ3) is 6.51. The van der Waals surface area contributed by atoms with E-state index in [1.165, 1.54) is 4.90 Å². The van der Waals surface area contributed by atoms with E-state index in [-0.39, 0.29) is 42.9 Å². The van der Waals surface area contributed by atoms with Crippen molar-refractivity contribution in [3.05, 3.63) is 42.6 Å². The number of carbonyl (C=O) groups is 3. The minimum Gasteiger partial charge on any atom is -0.497 e. The molecule has 0 bridgehead atoms. The maximum atomic E-state index is 14.2. The lowest BCUT2D eigenvalue weighted by atomic mass is 9.88. The Morgan fingerprint density at radius 2 is 1.91 bits per heavy atom. The molecule has 0 unspecified atom stereocenters. The van der Waals surface area contributed by atoms with Gasteiger partial charge in [0.2, 0.25) is 27.7 Å². The van der Waals surface area contributed by atoms with E-state index in [4.69, 9.17) is 15.2 Å². The van der Waals surface area contributed by atoms with Crippen molar-refractivity contribution in [2.75, 3.05) is 13.7 Å². The van der Waals surface area contributed by atoms with Crippen LogP contribution < -0.4 is 19.9 Å². The van der Waals surface area contributed by atoms with Crippen molar-refractivity contribution in [1.82, 2.24) is 14.6 Å². The minimum absolute atomic E-state index is 0.111. The van der Waals surface area contributed by atoms with Gasteiger partial charge in [-0.25, -0.2) is 13.4 Å². The Kier molecular flexibility index (Phi) is 8.88. The molecule has 3 N–H and O–H groups in total. The number of amides is 2. The summed E-state index contributed by atoms with van der Waals surface area (Å²) in [5.41, 5.74) is 5.39. The number of fused-ring (bicyclic) bond motifs is 3. The fraction of sp³-hybridized carbons (Fsp3) is 0.588. The number of aromatic nitrogens is 1. The van der Waals surface area contributed by atoms with Crippen molar-refractivity contribution >= 4 is 38.4 Å². The standard InChI is InChI=1S/C34H44N4O7S/c1-20-6-4-5-7-23-17-34(23,33(41)37-46(42,43)26-9-10-26)18-29(39)28-16-25(19-38(28)32(40)30(35)21(2)14-20)45-31-27-11-8-24(44-3)15-22(27)12-13-36-31/h5,7-8,11-13,15,20-21,23,25-26,28,30H,4,6,9-10,14,16-19,35H2,1-3H3,(H,37,41)/b7-5-/t20-,21-,23-,25-,28+,30+,34-/m1/s1. The summed E-state index contributed by atoms with van der Waals surface area (Å²) in [6, 6.07) is 5.73. The molecule has 3 heterocycles. The van der Waals surface area contributed by atoms with E-state index in [1.54, 1.807) is 13.3 Å². The Hall–Kier alpha value is -3.51. The first-order valence-corrected chi connectivity index (χ1v) is 17.9. The van der Waals surface area contributed by atoms with Crippen LogP contribution in [0.15, 0.2) is 42.6 Å². The summed E-state index contributed by atoms with van der Waals surface area (Å²) in [4.78, 5) is 47.7. The number of carbonyl (C=O) groups excluding carboxylic acids is 3. The van der Waals surface area contributed by atoms with Crippen molar-refractivity contribution in [3.8, 4) is 11.6 Å². The zero-order valence-electron chi connectivity index (χ0n) is 26.7. The van der Waals surface area contributed by atoms with Crippen molar-refractivity contribution < 1.29 is 32.3 Å². The highest BCUT2D eigenvalue weighted by molar-refractivity contribution is 7.90. The molecule has 11 nitrogen and oxygen atoms in total. The fourth-order valence-corrected chi connectivity index (χ4v) is 8.55. The zero-order chi connectivity index (χ0) is 32.8. The Labute approximate surface area is 270 Å². The minimum atomic E-state index is -3.79. The summed E-state index contributed by atoms with van der Waals surface area (Å²) in [6.45, 7) is 4.24. The average Bonchev–Trinajstić information content (AvgIpc) is 3.95. The number of Topliss-reactive ketones (excluding diaryl/α,β-unsaturated/α-hetero) is 1. The Balaban J connectivity index is 1.29. The zero-order valence-corrected chi connectivity index (χ0v) is 27.5. The van der Waals surface area contributed by atoms with E-state index in [1.807, 2.05) is 43.3 Å². The van der Waals surface area contributed by atoms with Crippen LogP contribution in [0.1, 0.15) is 65.2 Å². The smallest absolute Gasteiger partial charge is 0.240 e. The Morgan fingerprint density at radius 1 is 1.13 bits per heavy atom. The molecule has 1 saturated heterocycles. The first-order valence-electron chi connectivity index (χ1n) is 16.3. The van der Waals surface area contributed by atoms with Gasteiger partial charge in [0.15, 0.2) is 5.78 Å². The second kappa shape index (κ2) is 12.6. The molecule has 1 aromatic carbocycles. The van der Waals surface area contributed by atoms with Gasteiger partial charge < -0.3 is 20.1 Å². The second-order valence-corrected chi connectivity index (χ2v) is 15.8. The highest BCUT2D eigenvalue weighted by atomic mass is 32.2. The number of hydrogen-bond acceptors (Lipinski definition) is 9. The van der Waals surface area contributed by atoms with Gasteiger partial charge in [0, 0.05) is 24.4 Å². The van der Waals surface area contributed by atoms with E-state index >= 15 is 0 Å². The number of benzene rings is 1.